The van der Waals surface area contributed by atoms with Gasteiger partial charge in [-0.25, -0.2) is 0 Å². The second-order valence-corrected chi connectivity index (χ2v) is 6.08. The Labute approximate surface area is 123 Å². The zero-order valence-electron chi connectivity index (χ0n) is 9.19. The Balaban J connectivity index is 2.88. The summed E-state index contributed by atoms with van der Waals surface area (Å²) in [5.74, 6) is 0.287. The minimum absolute atomic E-state index is 0.287. The standard InChI is InChI=1S/C12H9BrCl3N/c1-5(2)9-4-8(14)6-3-7(13)10(15)11(16)12(6)17-9/h3-5H,1-2H3. The summed E-state index contributed by atoms with van der Waals surface area (Å²) in [6.07, 6.45) is 0. The van der Waals surface area contributed by atoms with E-state index in [1.165, 1.54) is 0 Å². The molecule has 0 amide bonds. The summed E-state index contributed by atoms with van der Waals surface area (Å²) in [7, 11) is 0. The van der Waals surface area contributed by atoms with E-state index < -0.39 is 0 Å². The molecule has 17 heavy (non-hydrogen) atoms. The van der Waals surface area contributed by atoms with Crippen LogP contribution in [0, 0.1) is 0 Å². The van der Waals surface area contributed by atoms with Gasteiger partial charge in [0.25, 0.3) is 0 Å². The monoisotopic (exact) mass is 351 g/mol. The highest BCUT2D eigenvalue weighted by molar-refractivity contribution is 9.10. The van der Waals surface area contributed by atoms with Crippen LogP contribution < -0.4 is 0 Å². The molecule has 0 unspecified atom stereocenters. The molecule has 90 valence electrons. The van der Waals surface area contributed by atoms with Gasteiger partial charge >= 0.3 is 0 Å². The summed E-state index contributed by atoms with van der Waals surface area (Å²) >= 11 is 21.9. The highest BCUT2D eigenvalue weighted by Gasteiger charge is 2.14. The van der Waals surface area contributed by atoms with Crippen molar-refractivity contribution in [2.75, 3.05) is 0 Å². The maximum absolute atomic E-state index is 6.24. The number of aromatic nitrogens is 1. The summed E-state index contributed by atoms with van der Waals surface area (Å²) in [6, 6.07) is 3.70. The first-order chi connectivity index (χ1) is 7.91. The molecule has 0 aliphatic heterocycles. The van der Waals surface area contributed by atoms with Crippen LogP contribution >= 0.6 is 50.7 Å². The second-order valence-electron chi connectivity index (χ2n) is 4.07. The zero-order valence-corrected chi connectivity index (χ0v) is 13.0. The van der Waals surface area contributed by atoms with E-state index in [4.69, 9.17) is 34.8 Å². The third-order valence-electron chi connectivity index (χ3n) is 2.50. The van der Waals surface area contributed by atoms with Crippen molar-refractivity contribution >= 4 is 61.6 Å². The van der Waals surface area contributed by atoms with Gasteiger partial charge in [0.15, 0.2) is 0 Å². The molecule has 1 aromatic heterocycles. The van der Waals surface area contributed by atoms with Crippen LogP contribution in [0.4, 0.5) is 0 Å². The second kappa shape index (κ2) is 4.93. The Morgan fingerprint density at radius 1 is 1.12 bits per heavy atom. The maximum atomic E-state index is 6.24. The fourth-order valence-electron chi connectivity index (χ4n) is 1.54. The van der Waals surface area contributed by atoms with E-state index in [-0.39, 0.29) is 5.92 Å². The molecular formula is C12H9BrCl3N. The topological polar surface area (TPSA) is 12.9 Å². The molecule has 1 heterocycles. The molecule has 0 fully saturated rings. The Morgan fingerprint density at radius 2 is 1.76 bits per heavy atom. The molecule has 0 bridgehead atoms. The number of hydrogen-bond acceptors (Lipinski definition) is 1. The molecule has 0 N–H and O–H groups in total. The highest BCUT2D eigenvalue weighted by Crippen LogP contribution is 2.39. The summed E-state index contributed by atoms with van der Waals surface area (Å²) in [5.41, 5.74) is 1.55. The lowest BCUT2D eigenvalue weighted by molar-refractivity contribution is 0.830. The van der Waals surface area contributed by atoms with Gasteiger partial charge in [0.2, 0.25) is 0 Å². The van der Waals surface area contributed by atoms with Crippen molar-refractivity contribution in [3.8, 4) is 0 Å². The number of halogens is 4. The van der Waals surface area contributed by atoms with Gasteiger partial charge < -0.3 is 0 Å². The van der Waals surface area contributed by atoms with Crippen molar-refractivity contribution in [1.82, 2.24) is 4.98 Å². The average molecular weight is 353 g/mol. The number of nitrogens with zero attached hydrogens (tertiary/aromatic N) is 1. The van der Waals surface area contributed by atoms with Crippen molar-refractivity contribution in [3.05, 3.63) is 37.4 Å². The fourth-order valence-corrected chi connectivity index (χ4v) is 2.73. The van der Waals surface area contributed by atoms with Crippen LogP contribution in [0.3, 0.4) is 0 Å². The number of benzene rings is 1. The Bertz CT molecular complexity index is 596. The van der Waals surface area contributed by atoms with Crippen molar-refractivity contribution in [2.45, 2.75) is 19.8 Å². The van der Waals surface area contributed by atoms with Crippen LogP contribution in [0.1, 0.15) is 25.5 Å². The van der Waals surface area contributed by atoms with Crippen LogP contribution in [0.25, 0.3) is 10.9 Å². The normalized spacial score (nSPS) is 11.5. The number of hydrogen-bond donors (Lipinski definition) is 0. The first kappa shape index (κ1) is 13.4. The summed E-state index contributed by atoms with van der Waals surface area (Å²) in [5, 5.41) is 2.33. The van der Waals surface area contributed by atoms with Gasteiger partial charge in [-0.1, -0.05) is 48.7 Å². The van der Waals surface area contributed by atoms with Crippen LogP contribution in [0.5, 0.6) is 0 Å². The van der Waals surface area contributed by atoms with Gasteiger partial charge in [-0.05, 0) is 34.0 Å². The van der Waals surface area contributed by atoms with Crippen LogP contribution in [0.2, 0.25) is 15.1 Å². The molecule has 0 saturated heterocycles. The molecular weight excluding hydrogens is 344 g/mol. The van der Waals surface area contributed by atoms with Gasteiger partial charge in [0, 0.05) is 15.6 Å². The first-order valence-electron chi connectivity index (χ1n) is 5.05. The van der Waals surface area contributed by atoms with Gasteiger partial charge in [-0.3, -0.25) is 4.98 Å². The maximum Gasteiger partial charge on any atom is 0.0922 e. The molecule has 2 aromatic rings. The predicted molar refractivity (Wildman–Crippen MR) is 78.6 cm³/mol. The van der Waals surface area contributed by atoms with Gasteiger partial charge in [-0.15, -0.1) is 0 Å². The van der Waals surface area contributed by atoms with Gasteiger partial charge in [-0.2, -0.15) is 0 Å². The molecule has 5 heteroatoms. The molecule has 0 aliphatic carbocycles. The largest absolute Gasteiger partial charge is 0.251 e. The minimum atomic E-state index is 0.287. The minimum Gasteiger partial charge on any atom is -0.251 e. The fraction of sp³-hybridized carbons (Fsp3) is 0.250. The zero-order chi connectivity index (χ0) is 12.7. The Kier molecular flexibility index (Phi) is 3.89. The number of fused-ring (bicyclic) bond motifs is 1. The third-order valence-corrected chi connectivity index (χ3v) is 4.52. The van der Waals surface area contributed by atoms with E-state index in [0.717, 1.165) is 15.6 Å². The van der Waals surface area contributed by atoms with Crippen LogP contribution in [0.15, 0.2) is 16.6 Å². The van der Waals surface area contributed by atoms with Crippen LogP contribution in [-0.4, -0.2) is 4.98 Å². The van der Waals surface area contributed by atoms with E-state index in [9.17, 15) is 0 Å². The average Bonchev–Trinajstić information content (AvgIpc) is 2.27. The van der Waals surface area contributed by atoms with E-state index in [0.29, 0.717) is 20.6 Å². The number of pyridine rings is 1. The quantitative estimate of drug-likeness (QED) is 0.566. The third kappa shape index (κ3) is 2.41. The van der Waals surface area contributed by atoms with E-state index in [1.54, 1.807) is 0 Å². The molecule has 0 spiro atoms. The Hall–Kier alpha value is -0.0200. The number of rotatable bonds is 1. The summed E-state index contributed by atoms with van der Waals surface area (Å²) in [6.45, 7) is 4.11. The van der Waals surface area contributed by atoms with Gasteiger partial charge in [0.1, 0.15) is 0 Å². The lowest BCUT2D eigenvalue weighted by Gasteiger charge is -2.10. The molecule has 2 rings (SSSR count). The Morgan fingerprint density at radius 3 is 2.35 bits per heavy atom. The van der Waals surface area contributed by atoms with Crippen molar-refractivity contribution in [3.63, 3.8) is 0 Å². The molecule has 0 aliphatic rings. The molecule has 0 saturated carbocycles. The molecule has 0 atom stereocenters. The van der Waals surface area contributed by atoms with E-state index in [1.807, 2.05) is 12.1 Å². The smallest absolute Gasteiger partial charge is 0.0922 e. The predicted octanol–water partition coefficient (Wildman–Crippen LogP) is 6.08. The van der Waals surface area contributed by atoms with E-state index in [2.05, 4.69) is 34.8 Å². The van der Waals surface area contributed by atoms with E-state index >= 15 is 0 Å². The molecule has 1 nitrogen and oxygen atoms in total. The van der Waals surface area contributed by atoms with Crippen molar-refractivity contribution in [2.24, 2.45) is 0 Å². The first-order valence-corrected chi connectivity index (χ1v) is 6.98. The van der Waals surface area contributed by atoms with Crippen LogP contribution in [-0.2, 0) is 0 Å². The van der Waals surface area contributed by atoms with Gasteiger partial charge in [0.05, 0.1) is 20.6 Å². The lowest BCUT2D eigenvalue weighted by Crippen LogP contribution is -1.94. The molecule has 1 aromatic carbocycles. The highest BCUT2D eigenvalue weighted by atomic mass is 79.9. The molecule has 0 radical (unpaired) electrons. The van der Waals surface area contributed by atoms with Crippen molar-refractivity contribution < 1.29 is 0 Å². The van der Waals surface area contributed by atoms with Crippen molar-refractivity contribution in [1.29, 1.82) is 0 Å². The lowest BCUT2D eigenvalue weighted by atomic mass is 10.1. The summed E-state index contributed by atoms with van der Waals surface area (Å²) in [4.78, 5) is 4.52. The summed E-state index contributed by atoms with van der Waals surface area (Å²) < 4.78 is 0.720. The SMILES string of the molecule is CC(C)c1cc(Cl)c2cc(Br)c(Cl)c(Cl)c2n1.